The molecule has 1 aliphatic rings. The van der Waals surface area contributed by atoms with E-state index in [1.165, 1.54) is 12.8 Å². The Bertz CT molecular complexity index is 478. The van der Waals surface area contributed by atoms with E-state index in [0.29, 0.717) is 10.8 Å². The summed E-state index contributed by atoms with van der Waals surface area (Å²) in [5.74, 6) is 0.756. The Labute approximate surface area is 130 Å². The maximum Gasteiger partial charge on any atom is 0.251 e. The molecule has 21 heavy (non-hydrogen) atoms. The summed E-state index contributed by atoms with van der Waals surface area (Å²) < 4.78 is 0. The molecule has 1 fully saturated rings. The lowest BCUT2D eigenvalue weighted by molar-refractivity contribution is -0.120. The largest absolute Gasteiger partial charge is 0.351 e. The fraction of sp³-hybridized carbons (Fsp3) is 0.500. The zero-order valence-electron chi connectivity index (χ0n) is 12.3. The number of hydrogen-bond donors (Lipinski definition) is 2. The van der Waals surface area contributed by atoms with Gasteiger partial charge >= 0.3 is 0 Å². The van der Waals surface area contributed by atoms with Crippen molar-refractivity contribution in [3.05, 3.63) is 35.9 Å². The van der Waals surface area contributed by atoms with E-state index < -0.39 is 0 Å². The highest BCUT2D eigenvalue weighted by molar-refractivity contribution is 7.99. The maximum absolute atomic E-state index is 11.9. The van der Waals surface area contributed by atoms with Gasteiger partial charge in [-0.15, -0.1) is 0 Å². The molecule has 0 spiro atoms. The van der Waals surface area contributed by atoms with Crippen LogP contribution in [-0.4, -0.2) is 35.4 Å². The van der Waals surface area contributed by atoms with Crippen LogP contribution in [0.25, 0.3) is 0 Å². The van der Waals surface area contributed by atoms with Crippen molar-refractivity contribution in [3.8, 4) is 0 Å². The lowest BCUT2D eigenvalue weighted by atomic mass is 10.2. The molecule has 0 heterocycles. The summed E-state index contributed by atoms with van der Waals surface area (Å²) in [7, 11) is 0. The first-order valence-electron chi connectivity index (χ1n) is 7.45. The Morgan fingerprint density at radius 3 is 2.71 bits per heavy atom. The molecule has 1 aromatic carbocycles. The van der Waals surface area contributed by atoms with Crippen LogP contribution in [-0.2, 0) is 4.79 Å². The van der Waals surface area contributed by atoms with Crippen LogP contribution in [0.5, 0.6) is 0 Å². The standard InChI is InChI=1S/C16H22N2O2S/c1-2-21-14-10-6-9-13(14)18-15(19)11-17-16(20)12-7-4-3-5-8-12/h3-5,7-8,13-14H,2,6,9-11H2,1H3,(H,17,20)(H,18,19)/t13-,14-/m0/s1. The number of hydrogen-bond acceptors (Lipinski definition) is 3. The molecule has 2 rings (SSSR count). The second-order valence-corrected chi connectivity index (χ2v) is 6.66. The molecule has 0 aromatic heterocycles. The van der Waals surface area contributed by atoms with Gasteiger partial charge in [-0.25, -0.2) is 0 Å². The SMILES string of the molecule is CCS[C@H]1CCC[C@@H]1NC(=O)CNC(=O)c1ccccc1. The van der Waals surface area contributed by atoms with E-state index in [2.05, 4.69) is 17.6 Å². The second-order valence-electron chi connectivity index (χ2n) is 5.15. The molecule has 5 heteroatoms. The molecule has 1 aliphatic carbocycles. The summed E-state index contributed by atoms with van der Waals surface area (Å²) in [5, 5.41) is 6.23. The van der Waals surface area contributed by atoms with Crippen molar-refractivity contribution < 1.29 is 9.59 Å². The first kappa shape index (κ1) is 15.9. The number of thioether (sulfide) groups is 1. The second kappa shape index (κ2) is 8.08. The molecular formula is C16H22N2O2S. The van der Waals surface area contributed by atoms with Gasteiger partial charge in [0.2, 0.25) is 5.91 Å². The Morgan fingerprint density at radius 2 is 2.00 bits per heavy atom. The van der Waals surface area contributed by atoms with Crippen molar-refractivity contribution >= 4 is 23.6 Å². The van der Waals surface area contributed by atoms with Gasteiger partial charge < -0.3 is 10.6 Å². The zero-order chi connectivity index (χ0) is 15.1. The smallest absolute Gasteiger partial charge is 0.251 e. The van der Waals surface area contributed by atoms with Crippen molar-refractivity contribution in [1.82, 2.24) is 10.6 Å². The quantitative estimate of drug-likeness (QED) is 0.847. The highest BCUT2D eigenvalue weighted by atomic mass is 32.2. The Hall–Kier alpha value is -1.49. The average molecular weight is 306 g/mol. The lowest BCUT2D eigenvalue weighted by Crippen LogP contribution is -2.44. The van der Waals surface area contributed by atoms with Crippen LogP contribution >= 0.6 is 11.8 Å². The predicted molar refractivity (Wildman–Crippen MR) is 86.5 cm³/mol. The maximum atomic E-state index is 11.9. The third-order valence-electron chi connectivity index (χ3n) is 3.63. The summed E-state index contributed by atoms with van der Waals surface area (Å²) in [5.41, 5.74) is 0.575. The van der Waals surface area contributed by atoms with Gasteiger partial charge in [0.25, 0.3) is 5.91 Å². The van der Waals surface area contributed by atoms with E-state index in [4.69, 9.17) is 0 Å². The lowest BCUT2D eigenvalue weighted by Gasteiger charge is -2.20. The molecule has 2 N–H and O–H groups in total. The molecule has 2 amide bonds. The first-order chi connectivity index (χ1) is 10.2. The Morgan fingerprint density at radius 1 is 1.24 bits per heavy atom. The number of carbonyl (C=O) groups is 2. The van der Waals surface area contributed by atoms with E-state index in [1.807, 2.05) is 17.8 Å². The summed E-state index contributed by atoms with van der Waals surface area (Å²) in [4.78, 5) is 23.8. The van der Waals surface area contributed by atoms with Crippen molar-refractivity contribution in [2.45, 2.75) is 37.5 Å². The predicted octanol–water partition coefficient (Wildman–Crippen LogP) is 2.21. The first-order valence-corrected chi connectivity index (χ1v) is 8.49. The van der Waals surface area contributed by atoms with E-state index in [-0.39, 0.29) is 24.4 Å². The summed E-state index contributed by atoms with van der Waals surface area (Å²) >= 11 is 1.91. The van der Waals surface area contributed by atoms with Crippen molar-refractivity contribution in [3.63, 3.8) is 0 Å². The average Bonchev–Trinajstić information content (AvgIpc) is 2.93. The van der Waals surface area contributed by atoms with Crippen molar-refractivity contribution in [2.24, 2.45) is 0 Å². The van der Waals surface area contributed by atoms with Gasteiger partial charge in [0.1, 0.15) is 0 Å². The van der Waals surface area contributed by atoms with E-state index in [9.17, 15) is 9.59 Å². The van der Waals surface area contributed by atoms with Gasteiger partial charge in [-0.05, 0) is 30.7 Å². The Kier molecular flexibility index (Phi) is 6.11. The zero-order valence-corrected chi connectivity index (χ0v) is 13.1. The van der Waals surface area contributed by atoms with E-state index >= 15 is 0 Å². The number of rotatable bonds is 6. The molecule has 0 saturated heterocycles. The Balaban J connectivity index is 1.76. The van der Waals surface area contributed by atoms with Crippen LogP contribution in [0.3, 0.4) is 0 Å². The monoisotopic (exact) mass is 306 g/mol. The van der Waals surface area contributed by atoms with Crippen LogP contribution in [0, 0.1) is 0 Å². The minimum absolute atomic E-state index is 0.0355. The normalized spacial score (nSPS) is 21.0. The third kappa shape index (κ3) is 4.77. The van der Waals surface area contributed by atoms with Crippen LogP contribution in [0.1, 0.15) is 36.5 Å². The minimum atomic E-state index is -0.211. The molecule has 1 saturated carbocycles. The van der Waals surface area contributed by atoms with Gasteiger partial charge in [0.15, 0.2) is 0 Å². The molecular weight excluding hydrogens is 284 g/mol. The summed E-state index contributed by atoms with van der Waals surface area (Å²) in [6.07, 6.45) is 3.37. The van der Waals surface area contributed by atoms with Gasteiger partial charge in [0.05, 0.1) is 6.54 Å². The van der Waals surface area contributed by atoms with E-state index in [1.54, 1.807) is 24.3 Å². The molecule has 1 aromatic rings. The number of carbonyl (C=O) groups excluding carboxylic acids is 2. The van der Waals surface area contributed by atoms with Crippen LogP contribution < -0.4 is 10.6 Å². The molecule has 0 radical (unpaired) electrons. The highest BCUT2D eigenvalue weighted by Crippen LogP contribution is 2.29. The highest BCUT2D eigenvalue weighted by Gasteiger charge is 2.28. The van der Waals surface area contributed by atoms with Gasteiger partial charge in [-0.3, -0.25) is 9.59 Å². The number of benzene rings is 1. The number of amides is 2. The van der Waals surface area contributed by atoms with Gasteiger partial charge in [-0.1, -0.05) is 31.5 Å². The van der Waals surface area contributed by atoms with Crippen molar-refractivity contribution in [1.29, 1.82) is 0 Å². The third-order valence-corrected chi connectivity index (χ3v) is 4.95. The fourth-order valence-electron chi connectivity index (χ4n) is 2.61. The summed E-state index contributed by atoms with van der Waals surface area (Å²) in [6.45, 7) is 2.18. The molecule has 0 aliphatic heterocycles. The van der Waals surface area contributed by atoms with Crippen LogP contribution in [0.2, 0.25) is 0 Å². The molecule has 4 nitrogen and oxygen atoms in total. The van der Waals surface area contributed by atoms with Crippen LogP contribution in [0.4, 0.5) is 0 Å². The molecule has 0 bridgehead atoms. The fourth-order valence-corrected chi connectivity index (χ4v) is 3.81. The van der Waals surface area contributed by atoms with Crippen molar-refractivity contribution in [2.75, 3.05) is 12.3 Å². The molecule has 0 unspecified atom stereocenters. The number of nitrogens with one attached hydrogen (secondary N) is 2. The van der Waals surface area contributed by atoms with Crippen LogP contribution in [0.15, 0.2) is 30.3 Å². The molecule has 114 valence electrons. The molecule has 2 atom stereocenters. The summed E-state index contributed by atoms with van der Waals surface area (Å²) in [6, 6.07) is 9.18. The topological polar surface area (TPSA) is 58.2 Å². The minimum Gasteiger partial charge on any atom is -0.351 e. The van der Waals surface area contributed by atoms with Gasteiger partial charge in [0, 0.05) is 16.9 Å². The van der Waals surface area contributed by atoms with E-state index in [0.717, 1.165) is 12.2 Å². The van der Waals surface area contributed by atoms with Gasteiger partial charge in [-0.2, -0.15) is 11.8 Å².